The van der Waals surface area contributed by atoms with Gasteiger partial charge < -0.3 is 0 Å². The molecule has 6 fully saturated rings. The first kappa shape index (κ1) is 12.4. The topological polar surface area (TPSA) is 17.1 Å². The predicted octanol–water partition coefficient (Wildman–Crippen LogP) is 4.60. The fourth-order valence-corrected chi connectivity index (χ4v) is 5.95. The number of fused-ring (bicyclic) bond motifs is 6. The molecule has 0 spiro atoms. The van der Waals surface area contributed by atoms with Crippen LogP contribution in [0.5, 0.6) is 0 Å². The van der Waals surface area contributed by atoms with Crippen molar-refractivity contribution in [2.45, 2.75) is 70.6 Å². The molecule has 0 aromatic carbocycles. The van der Waals surface area contributed by atoms with Crippen LogP contribution >= 0.6 is 0 Å². The number of hydrogen-bond donors (Lipinski definition) is 0. The molecule has 0 amide bonds. The molecule has 0 heterocycles. The van der Waals surface area contributed by atoms with Gasteiger partial charge in [-0.25, -0.2) is 0 Å². The summed E-state index contributed by atoms with van der Waals surface area (Å²) in [5.74, 6) is 5.50. The highest BCUT2D eigenvalue weighted by Gasteiger charge is 2.42. The standard InChI is InChI=1S/C18H28O/c19-18(17-10-13-3-7-15(17)8-4-13)11-16-9-12-1-5-14(16)6-2-12/h12-17H,1-11H2. The monoisotopic (exact) mass is 260 g/mol. The number of carbonyl (C=O) groups excluding carboxylic acids is 1. The van der Waals surface area contributed by atoms with Crippen LogP contribution in [0, 0.1) is 35.5 Å². The second-order valence-corrected chi connectivity index (χ2v) is 8.07. The molecule has 1 heteroatoms. The summed E-state index contributed by atoms with van der Waals surface area (Å²) in [6, 6.07) is 0. The minimum Gasteiger partial charge on any atom is -0.299 e. The molecule has 2 unspecified atom stereocenters. The molecule has 6 saturated carbocycles. The zero-order valence-electron chi connectivity index (χ0n) is 12.2. The van der Waals surface area contributed by atoms with Crippen LogP contribution in [-0.4, -0.2) is 5.78 Å². The lowest BCUT2D eigenvalue weighted by molar-refractivity contribution is -0.130. The molecular weight excluding hydrogens is 232 g/mol. The Bertz CT molecular complexity index is 345. The normalized spacial score (nSPS) is 48.4. The molecule has 2 atom stereocenters. The second kappa shape index (κ2) is 4.90. The SMILES string of the molecule is O=C(CC1CC2CCC1CC2)C1CC2CCC1CC2. The maximum absolute atomic E-state index is 12.7. The fourth-order valence-electron chi connectivity index (χ4n) is 5.95. The summed E-state index contributed by atoms with van der Waals surface area (Å²) in [6.07, 6.45) is 14.9. The Morgan fingerprint density at radius 1 is 0.737 bits per heavy atom. The van der Waals surface area contributed by atoms with E-state index in [1.54, 1.807) is 0 Å². The van der Waals surface area contributed by atoms with E-state index in [0.29, 0.717) is 11.7 Å². The summed E-state index contributed by atoms with van der Waals surface area (Å²) in [6.45, 7) is 0. The van der Waals surface area contributed by atoms with E-state index in [9.17, 15) is 4.79 Å². The van der Waals surface area contributed by atoms with Gasteiger partial charge in [-0.05, 0) is 68.1 Å². The first-order chi connectivity index (χ1) is 9.29. The van der Waals surface area contributed by atoms with Crippen LogP contribution in [-0.2, 0) is 4.79 Å². The maximum atomic E-state index is 12.7. The van der Waals surface area contributed by atoms with E-state index in [1.165, 1.54) is 64.2 Å². The predicted molar refractivity (Wildman–Crippen MR) is 76.7 cm³/mol. The Morgan fingerprint density at radius 2 is 1.32 bits per heavy atom. The molecule has 6 aliphatic carbocycles. The third kappa shape index (κ3) is 2.28. The number of carbonyl (C=O) groups is 1. The zero-order valence-corrected chi connectivity index (χ0v) is 12.2. The molecule has 0 aromatic heterocycles. The highest BCUT2D eigenvalue weighted by molar-refractivity contribution is 5.81. The minimum absolute atomic E-state index is 0.480. The van der Waals surface area contributed by atoms with Gasteiger partial charge in [0.15, 0.2) is 0 Å². The number of rotatable bonds is 3. The van der Waals surface area contributed by atoms with Crippen LogP contribution in [0.15, 0.2) is 0 Å². The Morgan fingerprint density at radius 3 is 1.79 bits per heavy atom. The Labute approximate surface area is 117 Å². The Hall–Kier alpha value is -0.330. The fraction of sp³-hybridized carbons (Fsp3) is 0.944. The minimum atomic E-state index is 0.480. The summed E-state index contributed by atoms with van der Waals surface area (Å²) in [4.78, 5) is 12.7. The van der Waals surface area contributed by atoms with Gasteiger partial charge in [-0.15, -0.1) is 0 Å². The third-order valence-corrected chi connectivity index (χ3v) is 7.12. The zero-order chi connectivity index (χ0) is 12.8. The third-order valence-electron chi connectivity index (χ3n) is 7.12. The van der Waals surface area contributed by atoms with Gasteiger partial charge in [0.1, 0.15) is 5.78 Å². The van der Waals surface area contributed by atoms with Gasteiger partial charge in [0, 0.05) is 12.3 Å². The molecule has 1 nitrogen and oxygen atoms in total. The molecule has 6 rings (SSSR count). The van der Waals surface area contributed by atoms with E-state index in [4.69, 9.17) is 0 Å². The van der Waals surface area contributed by atoms with Gasteiger partial charge in [0.25, 0.3) is 0 Å². The Kier molecular flexibility index (Phi) is 3.20. The molecule has 6 aliphatic rings. The van der Waals surface area contributed by atoms with E-state index >= 15 is 0 Å². The van der Waals surface area contributed by atoms with Crippen molar-refractivity contribution in [2.24, 2.45) is 35.5 Å². The van der Waals surface area contributed by atoms with Crippen molar-refractivity contribution in [1.29, 1.82) is 0 Å². The van der Waals surface area contributed by atoms with Crippen LogP contribution < -0.4 is 0 Å². The van der Waals surface area contributed by atoms with Crippen LogP contribution in [0.4, 0.5) is 0 Å². The molecule has 19 heavy (non-hydrogen) atoms. The largest absolute Gasteiger partial charge is 0.299 e. The van der Waals surface area contributed by atoms with E-state index in [0.717, 1.165) is 36.0 Å². The smallest absolute Gasteiger partial charge is 0.136 e. The quantitative estimate of drug-likeness (QED) is 0.725. The molecule has 106 valence electrons. The molecule has 0 radical (unpaired) electrons. The first-order valence-electron chi connectivity index (χ1n) is 8.82. The van der Waals surface area contributed by atoms with Crippen LogP contribution in [0.1, 0.15) is 70.6 Å². The van der Waals surface area contributed by atoms with Crippen molar-refractivity contribution in [3.05, 3.63) is 0 Å². The van der Waals surface area contributed by atoms with Gasteiger partial charge in [0.05, 0.1) is 0 Å². The van der Waals surface area contributed by atoms with E-state index in [1.807, 2.05) is 0 Å². The van der Waals surface area contributed by atoms with Gasteiger partial charge >= 0.3 is 0 Å². The average Bonchev–Trinajstić information content (AvgIpc) is 2.49. The van der Waals surface area contributed by atoms with Gasteiger partial charge in [-0.2, -0.15) is 0 Å². The van der Waals surface area contributed by atoms with Crippen molar-refractivity contribution in [1.82, 2.24) is 0 Å². The molecule has 4 bridgehead atoms. The van der Waals surface area contributed by atoms with Crippen LogP contribution in [0.25, 0.3) is 0 Å². The summed E-state index contributed by atoms with van der Waals surface area (Å²) in [5, 5.41) is 0. The summed E-state index contributed by atoms with van der Waals surface area (Å²) in [7, 11) is 0. The van der Waals surface area contributed by atoms with Crippen molar-refractivity contribution < 1.29 is 4.79 Å². The molecule has 0 saturated heterocycles. The maximum Gasteiger partial charge on any atom is 0.136 e. The molecule has 0 aromatic rings. The summed E-state index contributed by atoms with van der Waals surface area (Å²) >= 11 is 0. The summed E-state index contributed by atoms with van der Waals surface area (Å²) in [5.41, 5.74) is 0. The Balaban J connectivity index is 1.39. The van der Waals surface area contributed by atoms with Crippen LogP contribution in [0.2, 0.25) is 0 Å². The van der Waals surface area contributed by atoms with E-state index in [2.05, 4.69) is 0 Å². The average molecular weight is 260 g/mol. The first-order valence-corrected chi connectivity index (χ1v) is 8.82. The van der Waals surface area contributed by atoms with Crippen molar-refractivity contribution in [3.8, 4) is 0 Å². The van der Waals surface area contributed by atoms with E-state index in [-0.39, 0.29) is 0 Å². The molecule has 0 N–H and O–H groups in total. The highest BCUT2D eigenvalue weighted by Crippen LogP contribution is 2.49. The summed E-state index contributed by atoms with van der Waals surface area (Å²) < 4.78 is 0. The van der Waals surface area contributed by atoms with Crippen LogP contribution in [0.3, 0.4) is 0 Å². The number of Topliss-reactive ketones (excluding diaryl/α,β-unsaturated/α-hetero) is 1. The van der Waals surface area contributed by atoms with E-state index < -0.39 is 0 Å². The van der Waals surface area contributed by atoms with Gasteiger partial charge in [-0.3, -0.25) is 4.79 Å². The number of ketones is 1. The lowest BCUT2D eigenvalue weighted by Gasteiger charge is -2.45. The lowest BCUT2D eigenvalue weighted by Crippen LogP contribution is -2.39. The van der Waals surface area contributed by atoms with Crippen molar-refractivity contribution >= 4 is 5.78 Å². The highest BCUT2D eigenvalue weighted by atomic mass is 16.1. The lowest BCUT2D eigenvalue weighted by atomic mass is 9.60. The van der Waals surface area contributed by atoms with Crippen molar-refractivity contribution in [3.63, 3.8) is 0 Å². The molecular formula is C18H28O. The van der Waals surface area contributed by atoms with Crippen molar-refractivity contribution in [2.75, 3.05) is 0 Å². The number of hydrogen-bond acceptors (Lipinski definition) is 1. The van der Waals surface area contributed by atoms with Gasteiger partial charge in [-0.1, -0.05) is 25.7 Å². The molecule has 0 aliphatic heterocycles. The van der Waals surface area contributed by atoms with Gasteiger partial charge in [0.2, 0.25) is 0 Å². The second-order valence-electron chi connectivity index (χ2n) is 8.07.